The van der Waals surface area contributed by atoms with Crippen LogP contribution in [0.15, 0.2) is 24.3 Å². The molecule has 0 bridgehead atoms. The summed E-state index contributed by atoms with van der Waals surface area (Å²) in [6.07, 6.45) is 3.77. The van der Waals surface area contributed by atoms with Gasteiger partial charge >= 0.3 is 5.97 Å². The van der Waals surface area contributed by atoms with E-state index in [1.165, 1.54) is 7.11 Å². The van der Waals surface area contributed by atoms with Gasteiger partial charge in [0.05, 0.1) is 24.7 Å². The zero-order valence-electron chi connectivity index (χ0n) is 11.0. The molecular formula is C16H17NO2. The monoisotopic (exact) mass is 255 g/mol. The Morgan fingerprint density at radius 3 is 2.68 bits per heavy atom. The Bertz CT molecular complexity index is 486. The Hall–Kier alpha value is -1.82. The Kier molecular flexibility index (Phi) is 4.21. The minimum atomic E-state index is -0.170. The first-order chi connectivity index (χ1) is 9.21. The fourth-order valence-electron chi connectivity index (χ4n) is 2.80. The van der Waals surface area contributed by atoms with Crippen molar-refractivity contribution in [3.05, 3.63) is 48.7 Å². The average Bonchev–Trinajstić information content (AvgIpc) is 2.90. The molecule has 2 radical (unpaired) electrons. The predicted molar refractivity (Wildman–Crippen MR) is 71.8 cm³/mol. The molecule has 3 nitrogen and oxygen atoms in total. The summed E-state index contributed by atoms with van der Waals surface area (Å²) < 4.78 is 4.92. The van der Waals surface area contributed by atoms with Gasteiger partial charge in [-0.1, -0.05) is 19.1 Å². The molecular weight excluding hydrogens is 238 g/mol. The maximum Gasteiger partial charge on any atom is 0.309 e. The normalized spacial score (nSPS) is 25.8. The van der Waals surface area contributed by atoms with E-state index in [1.807, 2.05) is 12.1 Å². The van der Waals surface area contributed by atoms with E-state index in [0.29, 0.717) is 5.56 Å². The summed E-state index contributed by atoms with van der Waals surface area (Å²) in [7, 11) is 1.43. The van der Waals surface area contributed by atoms with Gasteiger partial charge in [-0.25, -0.2) is 0 Å². The van der Waals surface area contributed by atoms with Crippen LogP contribution < -0.4 is 0 Å². The molecule has 1 aliphatic rings. The molecule has 1 aromatic carbocycles. The molecule has 0 saturated heterocycles. The van der Waals surface area contributed by atoms with Crippen molar-refractivity contribution >= 4 is 5.97 Å². The molecule has 1 aromatic rings. The van der Waals surface area contributed by atoms with Gasteiger partial charge in [0.1, 0.15) is 0 Å². The van der Waals surface area contributed by atoms with E-state index in [-0.39, 0.29) is 23.7 Å². The van der Waals surface area contributed by atoms with Gasteiger partial charge in [0.15, 0.2) is 0 Å². The van der Waals surface area contributed by atoms with Gasteiger partial charge in [0.2, 0.25) is 0 Å². The number of methoxy groups -OCH3 is 1. The Morgan fingerprint density at radius 2 is 2.16 bits per heavy atom. The molecule has 0 N–H and O–H groups in total. The first-order valence-electron chi connectivity index (χ1n) is 6.41. The largest absolute Gasteiger partial charge is 0.469 e. The second-order valence-electron chi connectivity index (χ2n) is 4.83. The molecule has 1 saturated carbocycles. The highest BCUT2D eigenvalue weighted by atomic mass is 16.5. The molecule has 0 heterocycles. The number of nitrogens with zero attached hydrogens (tertiary/aromatic N) is 1. The van der Waals surface area contributed by atoms with Crippen LogP contribution in [-0.2, 0) is 9.53 Å². The third-order valence-corrected chi connectivity index (χ3v) is 3.86. The van der Waals surface area contributed by atoms with Crippen LogP contribution in [0.2, 0.25) is 0 Å². The molecule has 3 atom stereocenters. The van der Waals surface area contributed by atoms with E-state index in [4.69, 9.17) is 10.00 Å². The highest BCUT2D eigenvalue weighted by molar-refractivity contribution is 5.75. The third kappa shape index (κ3) is 2.63. The fraction of sp³-hybridized carbons (Fsp3) is 0.375. The van der Waals surface area contributed by atoms with Crippen molar-refractivity contribution in [2.24, 2.45) is 11.8 Å². The van der Waals surface area contributed by atoms with Crippen molar-refractivity contribution in [3.63, 3.8) is 0 Å². The number of ether oxygens (including phenoxy) is 1. The lowest BCUT2D eigenvalue weighted by Gasteiger charge is -2.22. The number of nitriles is 1. The minimum absolute atomic E-state index is 0.0620. The van der Waals surface area contributed by atoms with E-state index in [2.05, 4.69) is 19.4 Å². The molecule has 19 heavy (non-hydrogen) atoms. The molecule has 3 heteroatoms. The van der Waals surface area contributed by atoms with Crippen LogP contribution in [0.4, 0.5) is 0 Å². The first-order valence-corrected chi connectivity index (χ1v) is 6.41. The van der Waals surface area contributed by atoms with Crippen LogP contribution in [0.3, 0.4) is 0 Å². The van der Waals surface area contributed by atoms with Gasteiger partial charge in [-0.3, -0.25) is 4.79 Å². The van der Waals surface area contributed by atoms with E-state index in [1.54, 1.807) is 12.1 Å². The Balaban J connectivity index is 2.26. The molecule has 0 spiro atoms. The number of esters is 1. The maximum absolute atomic E-state index is 12.0. The van der Waals surface area contributed by atoms with Gasteiger partial charge in [0.25, 0.3) is 0 Å². The van der Waals surface area contributed by atoms with Crippen LogP contribution >= 0.6 is 0 Å². The summed E-state index contributed by atoms with van der Waals surface area (Å²) in [5, 5.41) is 8.81. The zero-order chi connectivity index (χ0) is 13.8. The average molecular weight is 255 g/mol. The van der Waals surface area contributed by atoms with Gasteiger partial charge < -0.3 is 4.74 Å². The number of hydrogen-bond donors (Lipinski definition) is 0. The molecule has 1 aliphatic carbocycles. The van der Waals surface area contributed by atoms with E-state index < -0.39 is 0 Å². The summed E-state index contributed by atoms with van der Waals surface area (Å²) in [4.78, 5) is 12.0. The Labute approximate surface area is 114 Å². The van der Waals surface area contributed by atoms with Crippen molar-refractivity contribution in [2.45, 2.75) is 18.8 Å². The molecule has 0 aromatic heterocycles. The molecule has 1 fully saturated rings. The topological polar surface area (TPSA) is 50.1 Å². The van der Waals surface area contributed by atoms with Crippen molar-refractivity contribution in [1.29, 1.82) is 5.26 Å². The van der Waals surface area contributed by atoms with Crippen LogP contribution in [0.25, 0.3) is 0 Å². The fourth-order valence-corrected chi connectivity index (χ4v) is 2.80. The third-order valence-electron chi connectivity index (χ3n) is 3.86. The smallest absolute Gasteiger partial charge is 0.309 e. The standard InChI is InChI=1S/C16H17NO2/c1-3-12-8-9-14(15(12)16(18)19-2)13-6-4-11(10-17)5-7-13/h4-7,9,12,14-15H,1,3,8H2,2H3. The van der Waals surface area contributed by atoms with Crippen LogP contribution in [0, 0.1) is 36.5 Å². The lowest BCUT2D eigenvalue weighted by Crippen LogP contribution is -2.25. The lowest BCUT2D eigenvalue weighted by atomic mass is 9.83. The summed E-state index contributed by atoms with van der Waals surface area (Å²) in [6.45, 7) is 3.92. The van der Waals surface area contributed by atoms with E-state index in [0.717, 1.165) is 18.4 Å². The maximum atomic E-state index is 12.0. The van der Waals surface area contributed by atoms with Crippen LogP contribution in [0.1, 0.15) is 29.9 Å². The summed E-state index contributed by atoms with van der Waals surface area (Å²) >= 11 is 0. The Morgan fingerprint density at radius 1 is 1.47 bits per heavy atom. The van der Waals surface area contributed by atoms with Crippen molar-refractivity contribution in [2.75, 3.05) is 7.11 Å². The van der Waals surface area contributed by atoms with E-state index >= 15 is 0 Å². The summed E-state index contributed by atoms with van der Waals surface area (Å²) in [5.74, 6) is -0.0211. The van der Waals surface area contributed by atoms with Gasteiger partial charge in [-0.2, -0.15) is 5.26 Å². The minimum Gasteiger partial charge on any atom is -0.469 e. The number of hydrogen-bond acceptors (Lipinski definition) is 3. The molecule has 3 unspecified atom stereocenters. The van der Waals surface area contributed by atoms with Crippen molar-refractivity contribution < 1.29 is 9.53 Å². The number of benzene rings is 1. The molecule has 98 valence electrons. The number of carbonyl (C=O) groups excluding carboxylic acids is 1. The van der Waals surface area contributed by atoms with Crippen molar-refractivity contribution in [3.8, 4) is 6.07 Å². The molecule has 0 amide bonds. The molecule has 0 aliphatic heterocycles. The first kappa shape index (κ1) is 13.6. The predicted octanol–water partition coefficient (Wildman–Crippen LogP) is 2.88. The summed E-state index contributed by atoms with van der Waals surface area (Å²) in [6, 6.07) is 9.51. The van der Waals surface area contributed by atoms with Crippen LogP contribution in [0.5, 0.6) is 0 Å². The number of carbonyl (C=O) groups is 1. The number of rotatable bonds is 3. The lowest BCUT2D eigenvalue weighted by molar-refractivity contribution is -0.147. The highest BCUT2D eigenvalue weighted by Gasteiger charge is 2.41. The zero-order valence-corrected chi connectivity index (χ0v) is 11.0. The second-order valence-corrected chi connectivity index (χ2v) is 4.83. The highest BCUT2D eigenvalue weighted by Crippen LogP contribution is 2.44. The van der Waals surface area contributed by atoms with E-state index in [9.17, 15) is 4.79 Å². The second kappa shape index (κ2) is 5.88. The van der Waals surface area contributed by atoms with Crippen LogP contribution in [-0.4, -0.2) is 13.1 Å². The van der Waals surface area contributed by atoms with Gasteiger partial charge in [0, 0.05) is 5.92 Å². The SMILES string of the molecule is [CH2]CC1C[CH]C(c2ccc(C#N)cc2)C1C(=O)OC. The van der Waals surface area contributed by atoms with Gasteiger partial charge in [-0.15, -0.1) is 0 Å². The molecule has 2 rings (SSSR count). The summed E-state index contributed by atoms with van der Waals surface area (Å²) in [5.41, 5.74) is 1.69. The van der Waals surface area contributed by atoms with Gasteiger partial charge in [-0.05, 0) is 42.9 Å². The quantitative estimate of drug-likeness (QED) is 0.780. The van der Waals surface area contributed by atoms with Crippen molar-refractivity contribution in [1.82, 2.24) is 0 Å².